The molecule has 0 aromatic heterocycles. The van der Waals surface area contributed by atoms with E-state index in [1.807, 2.05) is 6.07 Å². The van der Waals surface area contributed by atoms with Gasteiger partial charge in [0.2, 0.25) is 15.9 Å². The standard InChI is InChI=1S/C23H22FN5O5S/c1-23(17-7-5-16(14-25)6-8-17)21(31)29(22(32)26-23)15-20(30)27-9-11-28(12-10-27)35(33,34)19-4-2-3-18(24)13-19/h2-8,13H,9-12,15H2,1H3,(H,26,32). The van der Waals surface area contributed by atoms with Crippen molar-refractivity contribution in [2.45, 2.75) is 17.4 Å². The Morgan fingerprint density at radius 2 is 1.77 bits per heavy atom. The summed E-state index contributed by atoms with van der Waals surface area (Å²) in [6, 6.07) is 12.2. The third-order valence-electron chi connectivity index (χ3n) is 6.18. The average Bonchev–Trinajstić information content (AvgIpc) is 3.07. The summed E-state index contributed by atoms with van der Waals surface area (Å²) in [5, 5.41) is 11.6. The summed E-state index contributed by atoms with van der Waals surface area (Å²) < 4.78 is 40.2. The van der Waals surface area contributed by atoms with E-state index in [1.165, 1.54) is 40.4 Å². The van der Waals surface area contributed by atoms with Crippen molar-refractivity contribution < 1.29 is 27.2 Å². The van der Waals surface area contributed by atoms with E-state index in [-0.39, 0.29) is 31.1 Å². The minimum Gasteiger partial charge on any atom is -0.338 e. The number of nitrogens with one attached hydrogen (secondary N) is 1. The number of imide groups is 1. The Morgan fingerprint density at radius 1 is 1.11 bits per heavy atom. The molecule has 4 rings (SSSR count). The van der Waals surface area contributed by atoms with Gasteiger partial charge in [0, 0.05) is 26.2 Å². The summed E-state index contributed by atoms with van der Waals surface area (Å²) in [4.78, 5) is 40.5. The quantitative estimate of drug-likeness (QED) is 0.611. The van der Waals surface area contributed by atoms with Gasteiger partial charge in [-0.25, -0.2) is 17.6 Å². The van der Waals surface area contributed by atoms with Gasteiger partial charge in [-0.2, -0.15) is 9.57 Å². The molecule has 0 radical (unpaired) electrons. The third-order valence-corrected chi connectivity index (χ3v) is 8.08. The third kappa shape index (κ3) is 4.48. The van der Waals surface area contributed by atoms with Crippen LogP contribution in [0.15, 0.2) is 53.4 Å². The molecule has 0 bridgehead atoms. The van der Waals surface area contributed by atoms with Crippen LogP contribution in [0.2, 0.25) is 0 Å². The second kappa shape index (κ2) is 9.09. The van der Waals surface area contributed by atoms with Gasteiger partial charge in [0.1, 0.15) is 17.9 Å². The second-order valence-electron chi connectivity index (χ2n) is 8.38. The lowest BCUT2D eigenvalue weighted by molar-refractivity contribution is -0.139. The topological polar surface area (TPSA) is 131 Å². The first kappa shape index (κ1) is 24.3. The highest BCUT2D eigenvalue weighted by atomic mass is 32.2. The largest absolute Gasteiger partial charge is 0.338 e. The fraction of sp³-hybridized carbons (Fsp3) is 0.304. The molecule has 4 amide bonds. The predicted molar refractivity (Wildman–Crippen MR) is 120 cm³/mol. The van der Waals surface area contributed by atoms with Gasteiger partial charge in [0.25, 0.3) is 5.91 Å². The molecule has 182 valence electrons. The van der Waals surface area contributed by atoms with E-state index in [0.717, 1.165) is 17.0 Å². The molecule has 0 saturated carbocycles. The second-order valence-corrected chi connectivity index (χ2v) is 10.3. The van der Waals surface area contributed by atoms with E-state index in [4.69, 9.17) is 5.26 Å². The summed E-state index contributed by atoms with van der Waals surface area (Å²) in [6.07, 6.45) is 0. The van der Waals surface area contributed by atoms with Gasteiger partial charge in [-0.3, -0.25) is 14.5 Å². The average molecular weight is 500 g/mol. The summed E-state index contributed by atoms with van der Waals surface area (Å²) in [6.45, 7) is 1.14. The van der Waals surface area contributed by atoms with E-state index in [1.54, 1.807) is 12.1 Å². The van der Waals surface area contributed by atoms with Crippen molar-refractivity contribution in [2.75, 3.05) is 32.7 Å². The van der Waals surface area contributed by atoms with E-state index in [9.17, 15) is 27.2 Å². The van der Waals surface area contributed by atoms with Crippen LogP contribution in [0.4, 0.5) is 9.18 Å². The van der Waals surface area contributed by atoms with Crippen LogP contribution in [0, 0.1) is 17.1 Å². The summed E-state index contributed by atoms with van der Waals surface area (Å²) in [7, 11) is -3.92. The first-order valence-electron chi connectivity index (χ1n) is 10.7. The number of hydrogen-bond acceptors (Lipinski definition) is 6. The molecule has 35 heavy (non-hydrogen) atoms. The van der Waals surface area contributed by atoms with Crippen molar-refractivity contribution in [3.8, 4) is 6.07 Å². The lowest BCUT2D eigenvalue weighted by Gasteiger charge is -2.34. The number of rotatable bonds is 5. The van der Waals surface area contributed by atoms with Gasteiger partial charge in [-0.05, 0) is 42.8 Å². The molecule has 2 aromatic carbocycles. The molecule has 0 spiro atoms. The first-order valence-corrected chi connectivity index (χ1v) is 12.2. The van der Waals surface area contributed by atoms with Gasteiger partial charge in [0.05, 0.1) is 16.5 Å². The smallest absolute Gasteiger partial charge is 0.325 e. The molecule has 1 unspecified atom stereocenters. The Bertz CT molecular complexity index is 1330. The van der Waals surface area contributed by atoms with Crippen molar-refractivity contribution in [1.29, 1.82) is 5.26 Å². The van der Waals surface area contributed by atoms with Gasteiger partial charge in [0.15, 0.2) is 0 Å². The van der Waals surface area contributed by atoms with Gasteiger partial charge >= 0.3 is 6.03 Å². The Hall–Kier alpha value is -3.82. The number of carbonyl (C=O) groups excluding carboxylic acids is 3. The lowest BCUT2D eigenvalue weighted by Crippen LogP contribution is -2.53. The number of hydrogen-bond donors (Lipinski definition) is 1. The van der Waals surface area contributed by atoms with Gasteiger partial charge in [-0.1, -0.05) is 18.2 Å². The highest BCUT2D eigenvalue weighted by molar-refractivity contribution is 7.89. The SMILES string of the molecule is CC1(c2ccc(C#N)cc2)NC(=O)N(CC(=O)N2CCN(S(=O)(=O)c3cccc(F)c3)CC2)C1=O. The highest BCUT2D eigenvalue weighted by Crippen LogP contribution is 2.29. The number of sulfonamides is 1. The maximum Gasteiger partial charge on any atom is 0.325 e. The van der Waals surface area contributed by atoms with Crippen LogP contribution in [-0.2, 0) is 25.2 Å². The number of piperazine rings is 1. The molecule has 2 fully saturated rings. The number of benzene rings is 2. The number of amides is 4. The van der Waals surface area contributed by atoms with E-state index >= 15 is 0 Å². The molecule has 2 heterocycles. The Morgan fingerprint density at radius 3 is 2.37 bits per heavy atom. The maximum absolute atomic E-state index is 13.5. The molecule has 1 atom stereocenters. The van der Waals surface area contributed by atoms with Crippen LogP contribution < -0.4 is 5.32 Å². The zero-order valence-electron chi connectivity index (χ0n) is 18.8. The molecule has 2 aliphatic rings. The number of carbonyl (C=O) groups is 3. The Kier molecular flexibility index (Phi) is 6.31. The van der Waals surface area contributed by atoms with Gasteiger partial charge < -0.3 is 10.2 Å². The summed E-state index contributed by atoms with van der Waals surface area (Å²) >= 11 is 0. The summed E-state index contributed by atoms with van der Waals surface area (Å²) in [5.41, 5.74) is -0.510. The van der Waals surface area contributed by atoms with Crippen molar-refractivity contribution in [3.05, 3.63) is 65.5 Å². The van der Waals surface area contributed by atoms with E-state index in [0.29, 0.717) is 11.1 Å². The summed E-state index contributed by atoms with van der Waals surface area (Å²) in [5.74, 6) is -1.77. The Labute approximate surface area is 201 Å². The molecule has 1 N–H and O–H groups in total. The van der Waals surface area contributed by atoms with Crippen LogP contribution >= 0.6 is 0 Å². The molecular formula is C23H22FN5O5S. The Balaban J connectivity index is 1.40. The van der Waals surface area contributed by atoms with Crippen LogP contribution in [-0.4, -0.2) is 73.1 Å². The molecule has 2 aliphatic heterocycles. The van der Waals surface area contributed by atoms with Gasteiger partial charge in [-0.15, -0.1) is 0 Å². The van der Waals surface area contributed by atoms with Crippen molar-refractivity contribution in [3.63, 3.8) is 0 Å². The van der Waals surface area contributed by atoms with E-state index < -0.39 is 45.8 Å². The maximum atomic E-state index is 13.5. The normalized spacial score (nSPS) is 21.1. The zero-order valence-corrected chi connectivity index (χ0v) is 19.6. The lowest BCUT2D eigenvalue weighted by atomic mass is 9.91. The first-order chi connectivity index (χ1) is 16.6. The van der Waals surface area contributed by atoms with Crippen LogP contribution in [0.5, 0.6) is 0 Å². The van der Waals surface area contributed by atoms with Crippen LogP contribution in [0.25, 0.3) is 0 Å². The number of nitriles is 1. The fourth-order valence-electron chi connectivity index (χ4n) is 4.10. The molecular weight excluding hydrogens is 477 g/mol. The molecule has 10 nitrogen and oxygen atoms in total. The minimum atomic E-state index is -3.92. The van der Waals surface area contributed by atoms with Crippen LogP contribution in [0.3, 0.4) is 0 Å². The number of nitrogens with zero attached hydrogens (tertiary/aromatic N) is 4. The molecule has 2 saturated heterocycles. The minimum absolute atomic E-state index is 0.00626. The van der Waals surface area contributed by atoms with Crippen molar-refractivity contribution in [2.24, 2.45) is 0 Å². The molecule has 0 aliphatic carbocycles. The van der Waals surface area contributed by atoms with Crippen molar-refractivity contribution in [1.82, 2.24) is 19.4 Å². The molecule has 2 aromatic rings. The highest BCUT2D eigenvalue weighted by Gasteiger charge is 2.49. The monoisotopic (exact) mass is 499 g/mol. The van der Waals surface area contributed by atoms with Crippen LogP contribution in [0.1, 0.15) is 18.1 Å². The fourth-order valence-corrected chi connectivity index (χ4v) is 5.56. The number of halogens is 1. The van der Waals surface area contributed by atoms with E-state index in [2.05, 4.69) is 5.32 Å². The predicted octanol–water partition coefficient (Wildman–Crippen LogP) is 0.997. The molecule has 12 heteroatoms. The zero-order chi connectivity index (χ0) is 25.4. The van der Waals surface area contributed by atoms with Crippen molar-refractivity contribution >= 4 is 27.9 Å². The number of urea groups is 1.